The van der Waals surface area contributed by atoms with Crippen molar-refractivity contribution in [2.24, 2.45) is 16.6 Å². The molecular formula is C14H29ClN2O2. The molecule has 1 rings (SSSR count). The van der Waals surface area contributed by atoms with Crippen molar-refractivity contribution in [2.45, 2.75) is 46.0 Å². The van der Waals surface area contributed by atoms with Crippen LogP contribution >= 0.6 is 12.4 Å². The molecule has 0 heterocycles. The normalized spacial score (nSPS) is 17.9. The lowest BCUT2D eigenvalue weighted by molar-refractivity contribution is -0.130. The maximum atomic E-state index is 12.3. The molecule has 114 valence electrons. The number of halogens is 1. The van der Waals surface area contributed by atoms with E-state index in [4.69, 9.17) is 10.5 Å². The van der Waals surface area contributed by atoms with E-state index in [1.807, 2.05) is 0 Å². The van der Waals surface area contributed by atoms with Crippen molar-refractivity contribution in [3.8, 4) is 0 Å². The molecule has 0 saturated heterocycles. The molecule has 0 aromatic carbocycles. The van der Waals surface area contributed by atoms with Crippen LogP contribution in [0.25, 0.3) is 0 Å². The van der Waals surface area contributed by atoms with Gasteiger partial charge in [0.2, 0.25) is 5.91 Å². The number of methoxy groups -OCH3 is 1. The Balaban J connectivity index is 0.00000324. The predicted octanol–water partition coefficient (Wildman–Crippen LogP) is 2.11. The fourth-order valence-corrected chi connectivity index (χ4v) is 2.55. The zero-order valence-electron chi connectivity index (χ0n) is 12.5. The SMILES string of the molecule is COCCC(C)(C)CNC(=O)C1(CN)CCCC1.Cl. The van der Waals surface area contributed by atoms with Crippen molar-refractivity contribution in [3.63, 3.8) is 0 Å². The van der Waals surface area contributed by atoms with E-state index in [2.05, 4.69) is 19.2 Å². The molecule has 0 unspecified atom stereocenters. The molecule has 19 heavy (non-hydrogen) atoms. The number of hydrogen-bond acceptors (Lipinski definition) is 3. The number of nitrogens with two attached hydrogens (primary N) is 1. The highest BCUT2D eigenvalue weighted by molar-refractivity contribution is 5.85. The molecule has 1 saturated carbocycles. The Morgan fingerprint density at radius 1 is 1.37 bits per heavy atom. The number of carbonyl (C=O) groups excluding carboxylic acids is 1. The van der Waals surface area contributed by atoms with Crippen LogP contribution in [-0.2, 0) is 9.53 Å². The molecule has 1 aliphatic rings. The Morgan fingerprint density at radius 3 is 2.42 bits per heavy atom. The Bertz CT molecular complexity index is 277. The molecule has 5 heteroatoms. The topological polar surface area (TPSA) is 64.3 Å². The van der Waals surface area contributed by atoms with Crippen molar-refractivity contribution in [2.75, 3.05) is 26.8 Å². The van der Waals surface area contributed by atoms with Gasteiger partial charge in [0.1, 0.15) is 0 Å². The van der Waals surface area contributed by atoms with Gasteiger partial charge in [0.25, 0.3) is 0 Å². The first-order valence-corrected chi connectivity index (χ1v) is 6.93. The first-order chi connectivity index (χ1) is 8.46. The van der Waals surface area contributed by atoms with Crippen LogP contribution in [0.3, 0.4) is 0 Å². The van der Waals surface area contributed by atoms with E-state index < -0.39 is 0 Å². The molecule has 0 bridgehead atoms. The summed E-state index contributed by atoms with van der Waals surface area (Å²) in [6.45, 7) is 6.19. The summed E-state index contributed by atoms with van der Waals surface area (Å²) < 4.78 is 5.09. The minimum absolute atomic E-state index is 0. The van der Waals surface area contributed by atoms with Crippen molar-refractivity contribution >= 4 is 18.3 Å². The second-order valence-electron chi connectivity index (χ2n) is 6.28. The van der Waals surface area contributed by atoms with E-state index in [0.29, 0.717) is 13.1 Å². The van der Waals surface area contributed by atoms with Crippen molar-refractivity contribution in [3.05, 3.63) is 0 Å². The fraction of sp³-hybridized carbons (Fsp3) is 0.929. The largest absolute Gasteiger partial charge is 0.385 e. The second kappa shape index (κ2) is 8.08. The molecule has 0 spiro atoms. The lowest BCUT2D eigenvalue weighted by atomic mass is 9.84. The van der Waals surface area contributed by atoms with Gasteiger partial charge in [0.05, 0.1) is 5.41 Å². The maximum absolute atomic E-state index is 12.3. The Kier molecular flexibility index (Phi) is 7.94. The molecule has 1 aliphatic carbocycles. The Labute approximate surface area is 123 Å². The first-order valence-electron chi connectivity index (χ1n) is 6.93. The summed E-state index contributed by atoms with van der Waals surface area (Å²) in [4.78, 5) is 12.3. The Morgan fingerprint density at radius 2 is 1.95 bits per heavy atom. The minimum Gasteiger partial charge on any atom is -0.385 e. The second-order valence-corrected chi connectivity index (χ2v) is 6.28. The van der Waals surface area contributed by atoms with Gasteiger partial charge in [-0.1, -0.05) is 26.7 Å². The van der Waals surface area contributed by atoms with Crippen LogP contribution in [0.2, 0.25) is 0 Å². The summed E-state index contributed by atoms with van der Waals surface area (Å²) in [5.41, 5.74) is 5.58. The number of carbonyl (C=O) groups is 1. The van der Waals surface area contributed by atoms with Gasteiger partial charge in [-0.05, 0) is 24.7 Å². The smallest absolute Gasteiger partial charge is 0.227 e. The molecule has 1 fully saturated rings. The standard InChI is InChI=1S/C14H28N2O2.ClH/c1-13(2,8-9-18-3)11-16-12(17)14(10-15)6-4-5-7-14;/h4-11,15H2,1-3H3,(H,16,17);1H. The molecule has 0 aliphatic heterocycles. The van der Waals surface area contributed by atoms with Gasteiger partial charge in [-0.3, -0.25) is 4.79 Å². The van der Waals surface area contributed by atoms with E-state index >= 15 is 0 Å². The van der Waals surface area contributed by atoms with Gasteiger partial charge >= 0.3 is 0 Å². The third-order valence-corrected chi connectivity index (χ3v) is 4.14. The summed E-state index contributed by atoms with van der Waals surface area (Å²) in [7, 11) is 1.70. The van der Waals surface area contributed by atoms with E-state index in [0.717, 1.165) is 38.7 Å². The first kappa shape index (κ1) is 18.7. The van der Waals surface area contributed by atoms with E-state index in [9.17, 15) is 4.79 Å². The molecule has 1 amide bonds. The predicted molar refractivity (Wildman–Crippen MR) is 80.5 cm³/mol. The quantitative estimate of drug-likeness (QED) is 0.755. The van der Waals surface area contributed by atoms with Crippen LogP contribution in [0.15, 0.2) is 0 Å². The van der Waals surface area contributed by atoms with Crippen molar-refractivity contribution in [1.82, 2.24) is 5.32 Å². The van der Waals surface area contributed by atoms with Crippen molar-refractivity contribution in [1.29, 1.82) is 0 Å². The van der Waals surface area contributed by atoms with Crippen LogP contribution < -0.4 is 11.1 Å². The van der Waals surface area contributed by atoms with E-state index in [1.165, 1.54) is 0 Å². The lowest BCUT2D eigenvalue weighted by Crippen LogP contribution is -2.46. The molecule has 0 aromatic rings. The van der Waals surface area contributed by atoms with Gasteiger partial charge < -0.3 is 15.8 Å². The van der Waals surface area contributed by atoms with E-state index in [-0.39, 0.29) is 29.1 Å². The molecule has 0 radical (unpaired) electrons. The van der Waals surface area contributed by atoms with Crippen LogP contribution in [0.5, 0.6) is 0 Å². The zero-order valence-corrected chi connectivity index (χ0v) is 13.3. The monoisotopic (exact) mass is 292 g/mol. The van der Waals surface area contributed by atoms with Crippen LogP contribution in [0.1, 0.15) is 46.0 Å². The highest BCUT2D eigenvalue weighted by Gasteiger charge is 2.40. The van der Waals surface area contributed by atoms with Crippen LogP contribution in [-0.4, -0.2) is 32.7 Å². The van der Waals surface area contributed by atoms with Gasteiger partial charge in [-0.15, -0.1) is 12.4 Å². The average Bonchev–Trinajstić information content (AvgIpc) is 2.83. The Hall–Kier alpha value is -0.320. The maximum Gasteiger partial charge on any atom is 0.227 e. The number of ether oxygens (including phenoxy) is 1. The highest BCUT2D eigenvalue weighted by Crippen LogP contribution is 2.37. The van der Waals surface area contributed by atoms with Gasteiger partial charge in [0.15, 0.2) is 0 Å². The van der Waals surface area contributed by atoms with Crippen LogP contribution in [0.4, 0.5) is 0 Å². The molecule has 3 N–H and O–H groups in total. The summed E-state index contributed by atoms with van der Waals surface area (Å²) in [5, 5.41) is 3.09. The minimum atomic E-state index is -0.294. The van der Waals surface area contributed by atoms with Crippen LogP contribution in [0, 0.1) is 10.8 Å². The number of rotatable bonds is 7. The van der Waals surface area contributed by atoms with Gasteiger partial charge in [-0.25, -0.2) is 0 Å². The molecule has 0 atom stereocenters. The summed E-state index contributed by atoms with van der Waals surface area (Å²) >= 11 is 0. The number of hydrogen-bond donors (Lipinski definition) is 2. The fourth-order valence-electron chi connectivity index (χ4n) is 2.55. The zero-order chi connectivity index (χ0) is 13.6. The average molecular weight is 293 g/mol. The number of amides is 1. The molecular weight excluding hydrogens is 264 g/mol. The third kappa shape index (κ3) is 5.28. The number of nitrogens with one attached hydrogen (secondary N) is 1. The van der Waals surface area contributed by atoms with Gasteiger partial charge in [-0.2, -0.15) is 0 Å². The highest BCUT2D eigenvalue weighted by atomic mass is 35.5. The molecule has 4 nitrogen and oxygen atoms in total. The summed E-state index contributed by atoms with van der Waals surface area (Å²) in [6.07, 6.45) is 5.07. The lowest BCUT2D eigenvalue weighted by Gasteiger charge is -2.30. The summed E-state index contributed by atoms with van der Waals surface area (Å²) in [5.74, 6) is 0.146. The van der Waals surface area contributed by atoms with Gasteiger partial charge in [0, 0.05) is 26.8 Å². The van der Waals surface area contributed by atoms with Crippen molar-refractivity contribution < 1.29 is 9.53 Å². The molecule has 0 aromatic heterocycles. The van der Waals surface area contributed by atoms with E-state index in [1.54, 1.807) is 7.11 Å². The third-order valence-electron chi connectivity index (χ3n) is 4.14. The summed E-state index contributed by atoms with van der Waals surface area (Å²) in [6, 6.07) is 0.